The SMILES string of the molecule is CCc1cc(C(=O)NC(C)C(CO)SC)oc1CC. The van der Waals surface area contributed by atoms with E-state index >= 15 is 0 Å². The first-order valence-corrected chi connectivity index (χ1v) is 7.92. The Hall–Kier alpha value is -0.940. The van der Waals surface area contributed by atoms with Gasteiger partial charge in [0.15, 0.2) is 5.76 Å². The Morgan fingerprint density at radius 1 is 1.47 bits per heavy atom. The van der Waals surface area contributed by atoms with E-state index in [0.29, 0.717) is 5.76 Å². The molecular weight excluding hydrogens is 262 g/mol. The smallest absolute Gasteiger partial charge is 0.287 e. The van der Waals surface area contributed by atoms with E-state index in [1.807, 2.05) is 33.1 Å². The number of furan rings is 1. The van der Waals surface area contributed by atoms with Crippen molar-refractivity contribution in [2.24, 2.45) is 0 Å². The van der Waals surface area contributed by atoms with Crippen molar-refractivity contribution >= 4 is 17.7 Å². The fourth-order valence-corrected chi connectivity index (χ4v) is 2.61. The van der Waals surface area contributed by atoms with Crippen LogP contribution in [-0.4, -0.2) is 35.2 Å². The maximum atomic E-state index is 12.1. The molecule has 5 heteroatoms. The molecule has 0 radical (unpaired) electrons. The lowest BCUT2D eigenvalue weighted by Crippen LogP contribution is -2.41. The second kappa shape index (κ2) is 7.60. The van der Waals surface area contributed by atoms with Gasteiger partial charge >= 0.3 is 0 Å². The summed E-state index contributed by atoms with van der Waals surface area (Å²) in [5.41, 5.74) is 1.09. The van der Waals surface area contributed by atoms with Crippen LogP contribution in [0.3, 0.4) is 0 Å². The van der Waals surface area contributed by atoms with Gasteiger partial charge in [0.1, 0.15) is 5.76 Å². The fourth-order valence-electron chi connectivity index (χ4n) is 1.98. The maximum Gasteiger partial charge on any atom is 0.287 e. The van der Waals surface area contributed by atoms with Crippen LogP contribution in [0.2, 0.25) is 0 Å². The molecule has 0 fully saturated rings. The normalized spacial score (nSPS) is 14.2. The van der Waals surface area contributed by atoms with E-state index in [9.17, 15) is 9.90 Å². The number of carbonyl (C=O) groups is 1. The number of hydrogen-bond donors (Lipinski definition) is 2. The first-order valence-electron chi connectivity index (χ1n) is 6.63. The molecule has 2 atom stereocenters. The maximum absolute atomic E-state index is 12.1. The van der Waals surface area contributed by atoms with Gasteiger partial charge in [-0.1, -0.05) is 13.8 Å². The molecule has 4 nitrogen and oxygen atoms in total. The predicted octanol–water partition coefficient (Wildman–Crippen LogP) is 2.25. The number of aryl methyl sites for hydroxylation is 2. The molecule has 2 unspecified atom stereocenters. The van der Waals surface area contributed by atoms with Gasteiger partial charge in [0.25, 0.3) is 5.91 Å². The molecule has 0 aliphatic carbocycles. The highest BCUT2D eigenvalue weighted by Crippen LogP contribution is 2.18. The molecule has 0 spiro atoms. The Morgan fingerprint density at radius 2 is 2.16 bits per heavy atom. The van der Waals surface area contributed by atoms with Crippen molar-refractivity contribution in [1.29, 1.82) is 0 Å². The number of aliphatic hydroxyl groups is 1. The minimum Gasteiger partial charge on any atom is -0.456 e. The van der Waals surface area contributed by atoms with E-state index in [0.717, 1.165) is 24.2 Å². The molecule has 1 heterocycles. The van der Waals surface area contributed by atoms with Crippen LogP contribution in [0.5, 0.6) is 0 Å². The third-order valence-electron chi connectivity index (χ3n) is 3.22. The number of amides is 1. The van der Waals surface area contributed by atoms with Gasteiger partial charge in [-0.3, -0.25) is 4.79 Å². The van der Waals surface area contributed by atoms with Crippen LogP contribution in [0.1, 0.15) is 42.6 Å². The third kappa shape index (κ3) is 4.01. The molecule has 0 saturated carbocycles. The summed E-state index contributed by atoms with van der Waals surface area (Å²) in [6, 6.07) is 1.71. The van der Waals surface area contributed by atoms with Crippen LogP contribution in [-0.2, 0) is 12.8 Å². The molecule has 0 bridgehead atoms. The Balaban J connectivity index is 2.75. The zero-order valence-electron chi connectivity index (χ0n) is 12.0. The van der Waals surface area contributed by atoms with Crippen LogP contribution >= 0.6 is 11.8 Å². The second-order valence-corrected chi connectivity index (χ2v) is 5.56. The average Bonchev–Trinajstić information content (AvgIpc) is 2.83. The summed E-state index contributed by atoms with van der Waals surface area (Å²) < 4.78 is 5.58. The van der Waals surface area contributed by atoms with Gasteiger partial charge in [-0.25, -0.2) is 0 Å². The van der Waals surface area contributed by atoms with E-state index in [-0.39, 0.29) is 23.8 Å². The summed E-state index contributed by atoms with van der Waals surface area (Å²) in [5.74, 6) is 1.02. The Kier molecular flexibility index (Phi) is 6.45. The third-order valence-corrected chi connectivity index (χ3v) is 4.38. The van der Waals surface area contributed by atoms with Gasteiger partial charge in [-0.15, -0.1) is 0 Å². The molecule has 0 aliphatic heterocycles. The highest BCUT2D eigenvalue weighted by Gasteiger charge is 2.21. The van der Waals surface area contributed by atoms with Gasteiger partial charge in [0, 0.05) is 17.7 Å². The van der Waals surface area contributed by atoms with Gasteiger partial charge in [0.05, 0.1) is 6.61 Å². The molecular formula is C14H23NO3S. The van der Waals surface area contributed by atoms with Gasteiger partial charge in [-0.05, 0) is 31.2 Å². The molecule has 0 saturated heterocycles. The molecule has 19 heavy (non-hydrogen) atoms. The topological polar surface area (TPSA) is 62.5 Å². The average molecular weight is 285 g/mol. The number of nitrogens with one attached hydrogen (secondary N) is 1. The second-order valence-electron chi connectivity index (χ2n) is 4.49. The Labute approximate surface area is 119 Å². The zero-order valence-corrected chi connectivity index (χ0v) is 12.8. The standard InChI is InChI=1S/C14H23NO3S/c1-5-10-7-12(18-11(10)6-2)14(17)15-9(3)13(8-16)19-4/h7,9,13,16H,5-6,8H2,1-4H3,(H,15,17). The van der Waals surface area contributed by atoms with Crippen molar-refractivity contribution in [3.8, 4) is 0 Å². The van der Waals surface area contributed by atoms with E-state index in [1.54, 1.807) is 0 Å². The molecule has 2 N–H and O–H groups in total. The minimum absolute atomic E-state index is 0.00444. The number of hydrogen-bond acceptors (Lipinski definition) is 4. The summed E-state index contributed by atoms with van der Waals surface area (Å²) in [5, 5.41) is 12.1. The lowest BCUT2D eigenvalue weighted by Gasteiger charge is -2.20. The fraction of sp³-hybridized carbons (Fsp3) is 0.643. The van der Waals surface area contributed by atoms with Crippen molar-refractivity contribution in [1.82, 2.24) is 5.32 Å². The number of aliphatic hydroxyl groups excluding tert-OH is 1. The number of thioether (sulfide) groups is 1. The summed E-state index contributed by atoms with van der Waals surface area (Å²) in [6.07, 6.45) is 3.57. The van der Waals surface area contributed by atoms with E-state index in [2.05, 4.69) is 5.32 Å². The summed E-state index contributed by atoms with van der Waals surface area (Å²) in [4.78, 5) is 12.1. The van der Waals surface area contributed by atoms with Crippen LogP contribution in [0.25, 0.3) is 0 Å². The first-order chi connectivity index (χ1) is 9.07. The predicted molar refractivity (Wildman–Crippen MR) is 78.8 cm³/mol. The summed E-state index contributed by atoms with van der Waals surface area (Å²) >= 11 is 1.54. The highest BCUT2D eigenvalue weighted by atomic mass is 32.2. The molecule has 1 amide bonds. The van der Waals surface area contributed by atoms with E-state index in [1.165, 1.54) is 11.8 Å². The Bertz CT molecular complexity index is 391. The minimum atomic E-state index is -0.214. The highest BCUT2D eigenvalue weighted by molar-refractivity contribution is 7.99. The largest absolute Gasteiger partial charge is 0.456 e. The van der Waals surface area contributed by atoms with Crippen molar-refractivity contribution in [3.63, 3.8) is 0 Å². The van der Waals surface area contributed by atoms with Crippen LogP contribution in [0.15, 0.2) is 10.5 Å². The van der Waals surface area contributed by atoms with Crippen molar-refractivity contribution in [3.05, 3.63) is 23.2 Å². The summed E-state index contributed by atoms with van der Waals surface area (Å²) in [7, 11) is 0. The van der Waals surface area contributed by atoms with Crippen molar-refractivity contribution in [2.75, 3.05) is 12.9 Å². The van der Waals surface area contributed by atoms with Gasteiger partial charge in [0.2, 0.25) is 0 Å². The lowest BCUT2D eigenvalue weighted by atomic mass is 10.1. The molecule has 0 aliphatic rings. The number of carbonyl (C=O) groups excluding carboxylic acids is 1. The quantitative estimate of drug-likeness (QED) is 0.806. The van der Waals surface area contributed by atoms with E-state index in [4.69, 9.17) is 4.42 Å². The van der Waals surface area contributed by atoms with Crippen LogP contribution in [0.4, 0.5) is 0 Å². The molecule has 1 aromatic rings. The lowest BCUT2D eigenvalue weighted by molar-refractivity contribution is 0.0906. The van der Waals surface area contributed by atoms with Gasteiger partial charge in [-0.2, -0.15) is 11.8 Å². The Morgan fingerprint density at radius 3 is 2.58 bits per heavy atom. The van der Waals surface area contributed by atoms with Crippen LogP contribution < -0.4 is 5.32 Å². The van der Waals surface area contributed by atoms with E-state index < -0.39 is 0 Å². The summed E-state index contributed by atoms with van der Waals surface area (Å²) in [6.45, 7) is 5.99. The first kappa shape index (κ1) is 16.1. The van der Waals surface area contributed by atoms with Gasteiger partial charge < -0.3 is 14.8 Å². The van der Waals surface area contributed by atoms with Crippen molar-refractivity contribution in [2.45, 2.75) is 44.9 Å². The molecule has 1 rings (SSSR count). The van der Waals surface area contributed by atoms with Crippen LogP contribution in [0, 0.1) is 0 Å². The monoisotopic (exact) mass is 285 g/mol. The molecule has 108 valence electrons. The molecule has 0 aromatic carbocycles. The zero-order chi connectivity index (χ0) is 14.4. The molecule has 1 aromatic heterocycles. The number of rotatable bonds is 7. The van der Waals surface area contributed by atoms with Crippen molar-refractivity contribution < 1.29 is 14.3 Å².